The molecule has 0 amide bonds. The Kier molecular flexibility index (Phi) is 4.39. The molecule has 2 aromatic rings. The Morgan fingerprint density at radius 2 is 1.73 bits per heavy atom. The van der Waals surface area contributed by atoms with Crippen LogP contribution in [-0.4, -0.2) is 21.5 Å². The zero-order valence-corrected chi connectivity index (χ0v) is 10.9. The number of hydrogen-bond donors (Lipinski definition) is 1. The number of aliphatic hydroxyl groups excluding tert-OH is 1. The van der Waals surface area contributed by atoms with Crippen LogP contribution in [0.4, 0.5) is 22.0 Å². The van der Waals surface area contributed by atoms with E-state index in [0.717, 1.165) is 0 Å². The van der Waals surface area contributed by atoms with Crippen molar-refractivity contribution in [3.05, 3.63) is 53.5 Å². The molecule has 0 saturated carbocycles. The summed E-state index contributed by atoms with van der Waals surface area (Å²) in [5, 5.41) is 9.00. The van der Waals surface area contributed by atoms with Gasteiger partial charge in [-0.25, -0.2) is 18.7 Å². The first kappa shape index (κ1) is 15.9. The third-order valence-electron chi connectivity index (χ3n) is 2.59. The van der Waals surface area contributed by atoms with E-state index in [9.17, 15) is 22.0 Å². The van der Waals surface area contributed by atoms with Crippen LogP contribution in [0.1, 0.15) is 11.4 Å². The lowest BCUT2D eigenvalue weighted by atomic mass is 10.2. The molecule has 8 heteroatoms. The quantitative estimate of drug-likeness (QED) is 0.677. The average molecular weight is 316 g/mol. The molecule has 0 aliphatic carbocycles. The summed E-state index contributed by atoms with van der Waals surface area (Å²) in [4.78, 5) is 7.15. The molecule has 0 aliphatic heterocycles. The Morgan fingerprint density at radius 1 is 1.09 bits per heavy atom. The summed E-state index contributed by atoms with van der Waals surface area (Å²) in [5.41, 5.74) is -1.45. The van der Waals surface area contributed by atoms with Crippen molar-refractivity contribution in [1.82, 2.24) is 9.97 Å². The van der Waals surface area contributed by atoms with E-state index in [1.807, 2.05) is 0 Å². The minimum atomic E-state index is -4.77. The molecule has 1 heterocycles. The first-order valence-electron chi connectivity index (χ1n) is 5.98. The third-order valence-corrected chi connectivity index (χ3v) is 2.59. The molecule has 3 nitrogen and oxygen atoms in total. The molecular weight excluding hydrogens is 307 g/mol. The van der Waals surface area contributed by atoms with E-state index in [0.29, 0.717) is 17.7 Å². The number of aliphatic hydroxyl groups is 1. The minimum absolute atomic E-state index is 0.274. The SMILES string of the molecule is O/C(=C\c1cc(C(F)(F)F)nc(-c2ccccc2)n1)C(F)F. The molecule has 1 aromatic carbocycles. The van der Waals surface area contributed by atoms with Gasteiger partial charge in [0.15, 0.2) is 11.6 Å². The summed E-state index contributed by atoms with van der Waals surface area (Å²) in [5.74, 6) is -1.64. The summed E-state index contributed by atoms with van der Waals surface area (Å²) in [6.45, 7) is 0. The zero-order valence-electron chi connectivity index (χ0n) is 10.9. The predicted octanol–water partition coefficient (Wildman–Crippen LogP) is 4.33. The highest BCUT2D eigenvalue weighted by Crippen LogP contribution is 2.30. The first-order valence-corrected chi connectivity index (χ1v) is 5.98. The number of hydrogen-bond acceptors (Lipinski definition) is 3. The van der Waals surface area contributed by atoms with Crippen molar-refractivity contribution < 1.29 is 27.1 Å². The van der Waals surface area contributed by atoms with Gasteiger partial charge < -0.3 is 5.11 Å². The second-order valence-electron chi connectivity index (χ2n) is 4.24. The van der Waals surface area contributed by atoms with E-state index < -0.39 is 29.7 Å². The highest BCUT2D eigenvalue weighted by atomic mass is 19.4. The van der Waals surface area contributed by atoms with Crippen LogP contribution in [0.3, 0.4) is 0 Å². The van der Waals surface area contributed by atoms with Crippen molar-refractivity contribution in [2.45, 2.75) is 12.6 Å². The van der Waals surface area contributed by atoms with Crippen LogP contribution in [0.5, 0.6) is 0 Å². The summed E-state index contributed by atoms with van der Waals surface area (Å²) in [6.07, 6.45) is -7.49. The molecule has 0 saturated heterocycles. The van der Waals surface area contributed by atoms with Gasteiger partial charge >= 0.3 is 6.18 Å². The Balaban J connectivity index is 2.58. The summed E-state index contributed by atoms with van der Waals surface area (Å²) in [6, 6.07) is 8.26. The van der Waals surface area contributed by atoms with E-state index in [4.69, 9.17) is 5.11 Å². The van der Waals surface area contributed by atoms with Crippen molar-refractivity contribution >= 4 is 6.08 Å². The van der Waals surface area contributed by atoms with Crippen LogP contribution in [-0.2, 0) is 6.18 Å². The lowest BCUT2D eigenvalue weighted by Crippen LogP contribution is -2.10. The topological polar surface area (TPSA) is 46.0 Å². The normalized spacial score (nSPS) is 12.7. The Labute approximate surface area is 121 Å². The fourth-order valence-corrected chi connectivity index (χ4v) is 1.62. The van der Waals surface area contributed by atoms with Gasteiger partial charge in [-0.2, -0.15) is 13.2 Å². The molecule has 0 unspecified atom stereocenters. The fourth-order valence-electron chi connectivity index (χ4n) is 1.62. The number of rotatable bonds is 3. The maximum Gasteiger partial charge on any atom is 0.433 e. The highest BCUT2D eigenvalue weighted by Gasteiger charge is 2.33. The molecule has 2 rings (SSSR count). The Hall–Kier alpha value is -2.51. The van der Waals surface area contributed by atoms with E-state index in [1.54, 1.807) is 18.2 Å². The maximum absolute atomic E-state index is 12.8. The molecule has 0 atom stereocenters. The monoisotopic (exact) mass is 316 g/mol. The second-order valence-corrected chi connectivity index (χ2v) is 4.24. The van der Waals surface area contributed by atoms with Gasteiger partial charge in [0.1, 0.15) is 5.69 Å². The second kappa shape index (κ2) is 6.08. The van der Waals surface area contributed by atoms with Gasteiger partial charge in [-0.1, -0.05) is 30.3 Å². The predicted molar refractivity (Wildman–Crippen MR) is 69.1 cm³/mol. The first-order chi connectivity index (χ1) is 10.3. The highest BCUT2D eigenvalue weighted by molar-refractivity contribution is 5.58. The van der Waals surface area contributed by atoms with Crippen molar-refractivity contribution in [3.8, 4) is 11.4 Å². The van der Waals surface area contributed by atoms with Crippen molar-refractivity contribution in [2.75, 3.05) is 0 Å². The number of aromatic nitrogens is 2. The van der Waals surface area contributed by atoms with Crippen molar-refractivity contribution in [1.29, 1.82) is 0 Å². The molecule has 0 radical (unpaired) electrons. The van der Waals surface area contributed by atoms with Gasteiger partial charge in [0, 0.05) is 11.6 Å². The van der Waals surface area contributed by atoms with Crippen LogP contribution in [0.15, 0.2) is 42.2 Å². The average Bonchev–Trinajstić information content (AvgIpc) is 2.46. The summed E-state index contributed by atoms with van der Waals surface area (Å²) >= 11 is 0. The molecule has 22 heavy (non-hydrogen) atoms. The minimum Gasteiger partial charge on any atom is -0.506 e. The van der Waals surface area contributed by atoms with E-state index in [1.165, 1.54) is 12.1 Å². The molecule has 1 aromatic heterocycles. The molecule has 0 spiro atoms. The van der Waals surface area contributed by atoms with Crippen molar-refractivity contribution in [2.24, 2.45) is 0 Å². The molecule has 0 bridgehead atoms. The van der Waals surface area contributed by atoms with Gasteiger partial charge in [-0.3, -0.25) is 0 Å². The van der Waals surface area contributed by atoms with E-state index in [2.05, 4.69) is 9.97 Å². The molecule has 116 valence electrons. The van der Waals surface area contributed by atoms with Crippen LogP contribution < -0.4 is 0 Å². The molecular formula is C14H9F5N2O. The van der Waals surface area contributed by atoms with Gasteiger partial charge in [0.2, 0.25) is 0 Å². The number of halogens is 5. The summed E-state index contributed by atoms with van der Waals surface area (Å²) < 4.78 is 63.1. The van der Waals surface area contributed by atoms with Gasteiger partial charge in [0.05, 0.1) is 5.69 Å². The van der Waals surface area contributed by atoms with Gasteiger partial charge in [0.25, 0.3) is 6.43 Å². The summed E-state index contributed by atoms with van der Waals surface area (Å²) in [7, 11) is 0. The number of allylic oxidation sites excluding steroid dienone is 1. The number of alkyl halides is 5. The van der Waals surface area contributed by atoms with Crippen LogP contribution in [0, 0.1) is 0 Å². The number of benzene rings is 1. The van der Waals surface area contributed by atoms with E-state index >= 15 is 0 Å². The zero-order chi connectivity index (χ0) is 16.3. The molecule has 0 fully saturated rings. The maximum atomic E-state index is 12.8. The largest absolute Gasteiger partial charge is 0.506 e. The van der Waals surface area contributed by atoms with Gasteiger partial charge in [-0.05, 0) is 6.07 Å². The van der Waals surface area contributed by atoms with E-state index in [-0.39, 0.29) is 5.82 Å². The fraction of sp³-hybridized carbons (Fsp3) is 0.143. The lowest BCUT2D eigenvalue weighted by molar-refractivity contribution is -0.141. The Bertz CT molecular complexity index is 683. The molecule has 0 aliphatic rings. The Morgan fingerprint density at radius 3 is 2.27 bits per heavy atom. The third kappa shape index (κ3) is 3.78. The van der Waals surface area contributed by atoms with Crippen LogP contribution in [0.25, 0.3) is 17.5 Å². The van der Waals surface area contributed by atoms with Crippen LogP contribution >= 0.6 is 0 Å². The lowest BCUT2D eigenvalue weighted by Gasteiger charge is -2.09. The van der Waals surface area contributed by atoms with Crippen LogP contribution in [0.2, 0.25) is 0 Å². The smallest absolute Gasteiger partial charge is 0.433 e. The van der Waals surface area contributed by atoms with Crippen molar-refractivity contribution in [3.63, 3.8) is 0 Å². The molecule has 1 N–H and O–H groups in total. The standard InChI is InChI=1S/C14H9F5N2O/c15-12(16)10(22)6-9-7-11(14(17,18)19)21-13(20-9)8-4-2-1-3-5-8/h1-7,12,22H/b10-6-. The van der Waals surface area contributed by atoms with Gasteiger partial charge in [-0.15, -0.1) is 0 Å². The number of nitrogens with zero attached hydrogens (tertiary/aromatic N) is 2.